The van der Waals surface area contributed by atoms with Crippen LogP contribution in [0.1, 0.15) is 28.3 Å². The smallest absolute Gasteiger partial charge is 0.252 e. The normalized spacial score (nSPS) is 19.0. The highest BCUT2D eigenvalue weighted by atomic mass is 35.5. The number of nitrogens with zero attached hydrogens (tertiary/aromatic N) is 3. The molecule has 5 nitrogen and oxygen atoms in total. The van der Waals surface area contributed by atoms with Gasteiger partial charge in [-0.05, 0) is 49.1 Å². The number of nitrogens with two attached hydrogens (primary N) is 1. The van der Waals surface area contributed by atoms with Crippen LogP contribution < -0.4 is 5.73 Å². The maximum atomic E-state index is 12.9. The molecule has 0 amide bonds. The second kappa shape index (κ2) is 6.01. The largest absolute Gasteiger partial charge is 0.383 e. The molecule has 1 aromatic carbocycles. The minimum atomic E-state index is -0.0898. The van der Waals surface area contributed by atoms with Gasteiger partial charge in [-0.1, -0.05) is 23.7 Å². The van der Waals surface area contributed by atoms with E-state index in [1.165, 1.54) is 4.68 Å². The van der Waals surface area contributed by atoms with Crippen molar-refractivity contribution in [3.8, 4) is 11.3 Å². The quantitative estimate of drug-likeness (QED) is 0.775. The van der Waals surface area contributed by atoms with Crippen LogP contribution in [-0.2, 0) is 0 Å². The van der Waals surface area contributed by atoms with Gasteiger partial charge in [-0.3, -0.25) is 9.78 Å². The summed E-state index contributed by atoms with van der Waals surface area (Å²) >= 11 is 5.93. The third kappa shape index (κ3) is 2.81. The molecule has 2 aromatic heterocycles. The van der Waals surface area contributed by atoms with Gasteiger partial charge in [-0.2, -0.15) is 9.78 Å². The van der Waals surface area contributed by atoms with Gasteiger partial charge in [0.25, 0.3) is 5.91 Å². The number of pyridine rings is 1. The molecule has 0 aliphatic heterocycles. The van der Waals surface area contributed by atoms with Crippen molar-refractivity contribution in [2.45, 2.75) is 19.3 Å². The van der Waals surface area contributed by atoms with Crippen LogP contribution in [0.2, 0.25) is 5.02 Å². The zero-order valence-corrected chi connectivity index (χ0v) is 14.4. The molecule has 3 aromatic rings. The van der Waals surface area contributed by atoms with E-state index >= 15 is 0 Å². The lowest BCUT2D eigenvalue weighted by molar-refractivity contribution is 0.0870. The molecule has 6 heteroatoms. The molecule has 2 N–H and O–H groups in total. The van der Waals surface area contributed by atoms with Gasteiger partial charge in [0, 0.05) is 34.5 Å². The molecule has 0 saturated heterocycles. The second-order valence-corrected chi connectivity index (χ2v) is 6.78. The molecular weight excluding hydrogens is 336 g/mol. The standard InChI is InChI=1S/C19H17ClN4O/c1-11-17(13-6-8-22-9-7-13)23-24(18(11)21)19(25)16-10-15(16)12-2-4-14(20)5-3-12/h2-9,15-16H,10,21H2,1H3. The second-order valence-electron chi connectivity index (χ2n) is 6.35. The van der Waals surface area contributed by atoms with Gasteiger partial charge in [-0.25, -0.2) is 0 Å². The molecule has 1 fully saturated rings. The number of hydrogen-bond donors (Lipinski definition) is 1. The Morgan fingerprint density at radius 3 is 2.56 bits per heavy atom. The average Bonchev–Trinajstić information content (AvgIpc) is 3.37. The van der Waals surface area contributed by atoms with Gasteiger partial charge in [0.05, 0.1) is 5.69 Å². The maximum Gasteiger partial charge on any atom is 0.252 e. The summed E-state index contributed by atoms with van der Waals surface area (Å²) in [5.41, 5.74) is 9.71. The SMILES string of the molecule is Cc1c(-c2ccncc2)nn(C(=O)C2CC2c2ccc(Cl)cc2)c1N. The zero-order valence-electron chi connectivity index (χ0n) is 13.7. The summed E-state index contributed by atoms with van der Waals surface area (Å²) in [5, 5.41) is 5.17. The Kier molecular flexibility index (Phi) is 3.81. The van der Waals surface area contributed by atoms with Crippen molar-refractivity contribution in [1.82, 2.24) is 14.8 Å². The van der Waals surface area contributed by atoms with Crippen LogP contribution in [0.4, 0.5) is 5.82 Å². The highest BCUT2D eigenvalue weighted by Crippen LogP contribution is 2.48. The van der Waals surface area contributed by atoms with Crippen molar-refractivity contribution in [1.29, 1.82) is 0 Å². The van der Waals surface area contributed by atoms with Crippen molar-refractivity contribution in [3.63, 3.8) is 0 Å². The lowest BCUT2D eigenvalue weighted by atomic mass is 10.1. The predicted molar refractivity (Wildman–Crippen MR) is 97.5 cm³/mol. The van der Waals surface area contributed by atoms with Gasteiger partial charge in [-0.15, -0.1) is 0 Å². The Morgan fingerprint density at radius 2 is 1.88 bits per heavy atom. The van der Waals surface area contributed by atoms with E-state index in [2.05, 4.69) is 10.1 Å². The number of carbonyl (C=O) groups is 1. The van der Waals surface area contributed by atoms with Gasteiger partial charge in [0.15, 0.2) is 0 Å². The number of anilines is 1. The minimum absolute atomic E-state index is 0.0548. The van der Waals surface area contributed by atoms with Crippen LogP contribution in [0.5, 0.6) is 0 Å². The van der Waals surface area contributed by atoms with Gasteiger partial charge >= 0.3 is 0 Å². The van der Waals surface area contributed by atoms with Crippen LogP contribution in [0.15, 0.2) is 48.8 Å². The van der Waals surface area contributed by atoms with E-state index in [0.29, 0.717) is 10.8 Å². The fraction of sp³-hybridized carbons (Fsp3) is 0.211. The van der Waals surface area contributed by atoms with E-state index in [4.69, 9.17) is 17.3 Å². The lowest BCUT2D eigenvalue weighted by Gasteiger charge is -2.03. The topological polar surface area (TPSA) is 73.8 Å². The monoisotopic (exact) mass is 352 g/mol. The predicted octanol–water partition coefficient (Wildman–Crippen LogP) is 3.93. The van der Waals surface area contributed by atoms with Crippen LogP contribution in [0, 0.1) is 12.8 Å². The number of nitrogen functional groups attached to an aromatic ring is 1. The van der Waals surface area contributed by atoms with Crippen molar-refractivity contribution in [2.24, 2.45) is 5.92 Å². The van der Waals surface area contributed by atoms with Crippen LogP contribution in [0.25, 0.3) is 11.3 Å². The van der Waals surface area contributed by atoms with Crippen molar-refractivity contribution >= 4 is 23.3 Å². The Morgan fingerprint density at radius 1 is 1.20 bits per heavy atom. The molecule has 0 bridgehead atoms. The minimum Gasteiger partial charge on any atom is -0.383 e. The first-order valence-corrected chi connectivity index (χ1v) is 8.49. The van der Waals surface area contributed by atoms with E-state index < -0.39 is 0 Å². The van der Waals surface area contributed by atoms with Gasteiger partial charge in [0.2, 0.25) is 0 Å². The summed E-state index contributed by atoms with van der Waals surface area (Å²) in [4.78, 5) is 16.9. The number of halogens is 1. The Bertz CT molecular complexity index is 934. The Balaban J connectivity index is 1.61. The maximum absolute atomic E-state index is 12.9. The first-order valence-electron chi connectivity index (χ1n) is 8.11. The molecule has 2 heterocycles. The highest BCUT2D eigenvalue weighted by molar-refractivity contribution is 6.30. The van der Waals surface area contributed by atoms with Crippen LogP contribution >= 0.6 is 11.6 Å². The molecule has 1 aliphatic rings. The fourth-order valence-electron chi connectivity index (χ4n) is 3.16. The summed E-state index contributed by atoms with van der Waals surface area (Å²) in [6.45, 7) is 1.88. The molecule has 0 spiro atoms. The van der Waals surface area contributed by atoms with E-state index in [9.17, 15) is 4.79 Å². The molecule has 25 heavy (non-hydrogen) atoms. The van der Waals surface area contributed by atoms with Crippen molar-refractivity contribution in [2.75, 3.05) is 5.73 Å². The highest BCUT2D eigenvalue weighted by Gasteiger charge is 2.45. The molecule has 2 unspecified atom stereocenters. The third-order valence-corrected chi connectivity index (χ3v) is 4.99. The Hall–Kier alpha value is -2.66. The molecule has 2 atom stereocenters. The first-order chi connectivity index (χ1) is 12.1. The van der Waals surface area contributed by atoms with Crippen molar-refractivity contribution in [3.05, 3.63) is 64.9 Å². The number of rotatable bonds is 3. The van der Waals surface area contributed by atoms with Crippen LogP contribution in [-0.4, -0.2) is 20.7 Å². The van der Waals surface area contributed by atoms with Gasteiger partial charge in [0.1, 0.15) is 5.82 Å². The number of carbonyl (C=O) groups excluding carboxylic acids is 1. The molecule has 1 aliphatic carbocycles. The zero-order chi connectivity index (χ0) is 17.6. The van der Waals surface area contributed by atoms with E-state index in [0.717, 1.165) is 28.8 Å². The first kappa shape index (κ1) is 15.8. The number of benzene rings is 1. The summed E-state index contributed by atoms with van der Waals surface area (Å²) in [7, 11) is 0. The third-order valence-electron chi connectivity index (χ3n) is 4.74. The summed E-state index contributed by atoms with van der Waals surface area (Å²) in [5.74, 6) is 0.463. The van der Waals surface area contributed by atoms with Crippen molar-refractivity contribution < 1.29 is 4.79 Å². The van der Waals surface area contributed by atoms with Crippen LogP contribution in [0.3, 0.4) is 0 Å². The summed E-state index contributed by atoms with van der Waals surface area (Å²) in [6, 6.07) is 11.4. The molecule has 4 rings (SSSR count). The van der Waals surface area contributed by atoms with Gasteiger partial charge < -0.3 is 5.73 Å². The lowest BCUT2D eigenvalue weighted by Crippen LogP contribution is -2.17. The summed E-state index contributed by atoms with van der Waals surface area (Å²) < 4.78 is 1.35. The molecule has 0 radical (unpaired) electrons. The number of hydrogen-bond acceptors (Lipinski definition) is 4. The molecule has 1 saturated carbocycles. The molecule has 126 valence electrons. The average molecular weight is 353 g/mol. The summed E-state index contributed by atoms with van der Waals surface area (Å²) in [6.07, 6.45) is 4.20. The Labute approximate surface area is 150 Å². The van der Waals surface area contributed by atoms with E-state index in [-0.39, 0.29) is 17.7 Å². The van der Waals surface area contributed by atoms with E-state index in [1.807, 2.05) is 43.3 Å². The fourth-order valence-corrected chi connectivity index (χ4v) is 3.29. The number of aromatic nitrogens is 3. The van der Waals surface area contributed by atoms with E-state index in [1.54, 1.807) is 12.4 Å². The molecular formula is C19H17ClN4O.